The van der Waals surface area contributed by atoms with E-state index in [2.05, 4.69) is 30.7 Å². The van der Waals surface area contributed by atoms with Crippen molar-refractivity contribution >= 4 is 11.4 Å². The highest BCUT2D eigenvalue weighted by molar-refractivity contribution is 5.64. The highest BCUT2D eigenvalue weighted by Gasteiger charge is 2.30. The Kier molecular flexibility index (Phi) is 4.25. The number of likely N-dealkylation sites (N-methyl/N-ethyl adjacent to an activating group) is 1. The van der Waals surface area contributed by atoms with Crippen LogP contribution < -0.4 is 4.90 Å². The third-order valence-corrected chi connectivity index (χ3v) is 4.12. The van der Waals surface area contributed by atoms with Crippen LogP contribution in [0.5, 0.6) is 0 Å². The molecule has 1 saturated heterocycles. The second kappa shape index (κ2) is 5.76. The largest absolute Gasteiger partial charge is 0.392 e. The molecule has 2 rings (SSSR count). The molecule has 2 unspecified atom stereocenters. The highest BCUT2D eigenvalue weighted by atomic mass is 16.6. The number of anilines is 1. The molecule has 0 aliphatic carbocycles. The number of nitro benzene ring substituents is 1. The molecule has 1 aliphatic rings. The minimum absolute atomic E-state index is 0.0699. The van der Waals surface area contributed by atoms with E-state index in [-0.39, 0.29) is 17.2 Å². The van der Waals surface area contributed by atoms with Crippen molar-refractivity contribution in [2.75, 3.05) is 25.0 Å². The van der Waals surface area contributed by atoms with Gasteiger partial charge in [0.1, 0.15) is 5.69 Å². The minimum atomic E-state index is -0.373. The number of hydrogen-bond donors (Lipinski definition) is 1. The van der Waals surface area contributed by atoms with E-state index in [1.54, 1.807) is 12.1 Å². The molecule has 0 aromatic heterocycles. The van der Waals surface area contributed by atoms with Gasteiger partial charge in [0.2, 0.25) is 0 Å². The first-order chi connectivity index (χ1) is 9.43. The van der Waals surface area contributed by atoms with Crippen molar-refractivity contribution in [2.24, 2.45) is 0 Å². The van der Waals surface area contributed by atoms with Crippen LogP contribution >= 0.6 is 0 Å². The summed E-state index contributed by atoms with van der Waals surface area (Å²) in [7, 11) is 2.08. The van der Waals surface area contributed by atoms with Crippen LogP contribution in [0.4, 0.5) is 11.4 Å². The third kappa shape index (κ3) is 2.76. The normalized spacial score (nSPS) is 23.9. The molecule has 1 N–H and O–H groups in total. The molecule has 1 aromatic carbocycles. The van der Waals surface area contributed by atoms with E-state index in [0.29, 0.717) is 23.3 Å². The van der Waals surface area contributed by atoms with E-state index in [0.717, 1.165) is 13.1 Å². The number of rotatable bonds is 3. The van der Waals surface area contributed by atoms with Crippen LogP contribution in [0.1, 0.15) is 19.4 Å². The Morgan fingerprint density at radius 2 is 1.95 bits per heavy atom. The van der Waals surface area contributed by atoms with Crippen molar-refractivity contribution in [1.29, 1.82) is 0 Å². The lowest BCUT2D eigenvalue weighted by atomic mass is 10.1. The maximum Gasteiger partial charge on any atom is 0.292 e. The molecule has 0 saturated carbocycles. The molecule has 1 aromatic rings. The van der Waals surface area contributed by atoms with Gasteiger partial charge in [-0.3, -0.25) is 15.0 Å². The third-order valence-electron chi connectivity index (χ3n) is 4.12. The quantitative estimate of drug-likeness (QED) is 0.672. The molecule has 6 nitrogen and oxygen atoms in total. The summed E-state index contributed by atoms with van der Waals surface area (Å²) in [5, 5.41) is 20.4. The van der Waals surface area contributed by atoms with E-state index in [9.17, 15) is 10.1 Å². The van der Waals surface area contributed by atoms with E-state index in [1.807, 2.05) is 0 Å². The van der Waals surface area contributed by atoms with Gasteiger partial charge in [0.05, 0.1) is 11.5 Å². The van der Waals surface area contributed by atoms with E-state index < -0.39 is 0 Å². The lowest BCUT2D eigenvalue weighted by Gasteiger charge is -2.43. The SMILES string of the molecule is CC1CN(c2ccc(CO)cc2[N+](=O)[O-])CC(C)N1C. The topological polar surface area (TPSA) is 69.8 Å². The molecule has 1 aliphatic heterocycles. The van der Waals surface area contributed by atoms with Gasteiger partial charge < -0.3 is 10.0 Å². The monoisotopic (exact) mass is 279 g/mol. The van der Waals surface area contributed by atoms with Crippen molar-refractivity contribution in [1.82, 2.24) is 4.90 Å². The average Bonchev–Trinajstić information content (AvgIpc) is 2.43. The molecule has 110 valence electrons. The fourth-order valence-electron chi connectivity index (χ4n) is 2.68. The zero-order valence-corrected chi connectivity index (χ0v) is 12.1. The van der Waals surface area contributed by atoms with E-state index >= 15 is 0 Å². The number of hydrogen-bond acceptors (Lipinski definition) is 5. The van der Waals surface area contributed by atoms with Crippen molar-refractivity contribution in [3.05, 3.63) is 33.9 Å². The summed E-state index contributed by atoms with van der Waals surface area (Å²) in [6, 6.07) is 5.64. The Morgan fingerprint density at radius 3 is 2.45 bits per heavy atom. The zero-order chi connectivity index (χ0) is 14.9. The van der Waals surface area contributed by atoms with Crippen LogP contribution in [-0.2, 0) is 6.61 Å². The maximum atomic E-state index is 11.2. The van der Waals surface area contributed by atoms with Gasteiger partial charge in [0.25, 0.3) is 5.69 Å². The van der Waals surface area contributed by atoms with Gasteiger partial charge >= 0.3 is 0 Å². The molecule has 6 heteroatoms. The van der Waals surface area contributed by atoms with Crippen molar-refractivity contribution in [2.45, 2.75) is 32.5 Å². The molecular weight excluding hydrogens is 258 g/mol. The lowest BCUT2D eigenvalue weighted by molar-refractivity contribution is -0.384. The number of nitrogens with zero attached hydrogens (tertiary/aromatic N) is 3. The molecular formula is C14H21N3O3. The van der Waals surface area contributed by atoms with Crippen molar-refractivity contribution in [3.8, 4) is 0 Å². The minimum Gasteiger partial charge on any atom is -0.392 e. The summed E-state index contributed by atoms with van der Waals surface area (Å²) in [4.78, 5) is 15.2. The van der Waals surface area contributed by atoms with Crippen LogP contribution in [0, 0.1) is 10.1 Å². The summed E-state index contributed by atoms with van der Waals surface area (Å²) < 4.78 is 0. The lowest BCUT2D eigenvalue weighted by Crippen LogP contribution is -2.55. The predicted molar refractivity (Wildman–Crippen MR) is 77.9 cm³/mol. The predicted octanol–water partition coefficient (Wildman–Crippen LogP) is 1.62. The van der Waals surface area contributed by atoms with Gasteiger partial charge in [0.15, 0.2) is 0 Å². The number of aliphatic hydroxyl groups is 1. The summed E-state index contributed by atoms with van der Waals surface area (Å²) in [5.74, 6) is 0. The first kappa shape index (κ1) is 14.7. The van der Waals surface area contributed by atoms with Crippen LogP contribution in [0.25, 0.3) is 0 Å². The smallest absolute Gasteiger partial charge is 0.292 e. The summed E-state index contributed by atoms with van der Waals surface area (Å²) >= 11 is 0. The van der Waals surface area contributed by atoms with Gasteiger partial charge in [-0.2, -0.15) is 0 Å². The van der Waals surface area contributed by atoms with Crippen molar-refractivity contribution in [3.63, 3.8) is 0 Å². The molecule has 1 heterocycles. The van der Waals surface area contributed by atoms with E-state index in [1.165, 1.54) is 6.07 Å². The van der Waals surface area contributed by atoms with Gasteiger partial charge in [-0.1, -0.05) is 6.07 Å². The zero-order valence-electron chi connectivity index (χ0n) is 12.1. The van der Waals surface area contributed by atoms with Crippen LogP contribution in [0.2, 0.25) is 0 Å². The Balaban J connectivity index is 2.35. The number of aliphatic hydroxyl groups excluding tert-OH is 1. The Hall–Kier alpha value is -1.66. The van der Waals surface area contributed by atoms with E-state index in [4.69, 9.17) is 5.11 Å². The Morgan fingerprint density at radius 1 is 1.35 bits per heavy atom. The van der Waals surface area contributed by atoms with Crippen LogP contribution in [0.15, 0.2) is 18.2 Å². The number of benzene rings is 1. The summed E-state index contributed by atoms with van der Waals surface area (Å²) in [6.07, 6.45) is 0. The fraction of sp³-hybridized carbons (Fsp3) is 0.571. The first-order valence-electron chi connectivity index (χ1n) is 6.79. The van der Waals surface area contributed by atoms with Gasteiger partial charge in [-0.15, -0.1) is 0 Å². The highest BCUT2D eigenvalue weighted by Crippen LogP contribution is 2.31. The number of piperazine rings is 1. The molecule has 1 fully saturated rings. The van der Waals surface area contributed by atoms with Crippen LogP contribution in [0.3, 0.4) is 0 Å². The maximum absolute atomic E-state index is 11.2. The second-order valence-corrected chi connectivity index (χ2v) is 5.51. The summed E-state index contributed by atoms with van der Waals surface area (Å²) in [5.41, 5.74) is 1.27. The van der Waals surface area contributed by atoms with Crippen molar-refractivity contribution < 1.29 is 10.0 Å². The fourth-order valence-corrected chi connectivity index (χ4v) is 2.68. The van der Waals surface area contributed by atoms with Gasteiger partial charge in [-0.05, 0) is 32.5 Å². The molecule has 20 heavy (non-hydrogen) atoms. The number of nitro groups is 1. The average molecular weight is 279 g/mol. The molecule has 0 bridgehead atoms. The summed E-state index contributed by atoms with van der Waals surface area (Å²) in [6.45, 7) is 5.59. The van der Waals surface area contributed by atoms with Gasteiger partial charge in [0, 0.05) is 31.2 Å². The Bertz CT molecular complexity index is 494. The first-order valence-corrected chi connectivity index (χ1v) is 6.79. The van der Waals surface area contributed by atoms with Gasteiger partial charge in [-0.25, -0.2) is 0 Å². The molecule has 0 amide bonds. The standard InChI is InChI=1S/C14H21N3O3/c1-10-7-16(8-11(2)15(10)3)13-5-4-12(9-18)6-14(13)17(19)20/h4-6,10-11,18H,7-9H2,1-3H3. The molecule has 0 spiro atoms. The second-order valence-electron chi connectivity index (χ2n) is 5.51. The molecule has 2 atom stereocenters. The molecule has 0 radical (unpaired) electrons. The van der Waals surface area contributed by atoms with Crippen LogP contribution in [-0.4, -0.2) is 47.2 Å². The Labute approximate surface area is 118 Å².